The van der Waals surface area contributed by atoms with Crippen molar-refractivity contribution >= 4 is 17.7 Å². The second kappa shape index (κ2) is 5.92. The summed E-state index contributed by atoms with van der Waals surface area (Å²) in [5.41, 5.74) is -0.618. The molecule has 0 aromatic rings. The van der Waals surface area contributed by atoms with Crippen molar-refractivity contribution in [2.24, 2.45) is 0 Å². The number of aliphatic carboxylic acids is 1. The van der Waals surface area contributed by atoms with Crippen molar-refractivity contribution < 1.29 is 9.90 Å². The van der Waals surface area contributed by atoms with Crippen LogP contribution >= 0.6 is 11.8 Å². The molecule has 0 bridgehead atoms. The summed E-state index contributed by atoms with van der Waals surface area (Å²) in [6.07, 6.45) is 2.82. The maximum Gasteiger partial charge on any atom is 0.324 e. The predicted octanol–water partition coefficient (Wildman–Crippen LogP) is 2.46. The Morgan fingerprint density at radius 3 is 2.62 bits per heavy atom. The van der Waals surface area contributed by atoms with Crippen LogP contribution in [-0.2, 0) is 4.79 Å². The number of thioether (sulfide) groups is 1. The molecule has 4 heteroatoms. The Hall–Kier alpha value is -0.220. The first kappa shape index (κ1) is 13.8. The van der Waals surface area contributed by atoms with Crippen LogP contribution in [0.3, 0.4) is 0 Å². The maximum absolute atomic E-state index is 11.6. The van der Waals surface area contributed by atoms with Crippen LogP contribution in [0.15, 0.2) is 0 Å². The second-order valence-corrected chi connectivity index (χ2v) is 5.64. The minimum Gasteiger partial charge on any atom is -0.480 e. The van der Waals surface area contributed by atoms with Gasteiger partial charge >= 0.3 is 5.97 Å². The highest BCUT2D eigenvalue weighted by atomic mass is 32.2. The summed E-state index contributed by atoms with van der Waals surface area (Å²) in [6, 6.07) is 0.347. The van der Waals surface area contributed by atoms with Crippen LogP contribution in [0.4, 0.5) is 0 Å². The second-order valence-electron chi connectivity index (χ2n) is 4.54. The summed E-state index contributed by atoms with van der Waals surface area (Å²) in [6.45, 7) is 7.14. The van der Waals surface area contributed by atoms with E-state index in [1.54, 1.807) is 11.8 Å². The number of nitrogens with zero attached hydrogens (tertiary/aromatic N) is 1. The van der Waals surface area contributed by atoms with Crippen LogP contribution in [0.5, 0.6) is 0 Å². The maximum atomic E-state index is 11.6. The SMILES string of the molecule is CCC(C)N(CC)C1(C(=O)O)CCCSC1. The topological polar surface area (TPSA) is 40.5 Å². The largest absolute Gasteiger partial charge is 0.480 e. The van der Waals surface area contributed by atoms with Crippen LogP contribution in [0, 0.1) is 0 Å². The molecule has 0 aliphatic carbocycles. The van der Waals surface area contributed by atoms with E-state index in [1.807, 2.05) is 0 Å². The van der Waals surface area contributed by atoms with Crippen LogP contribution < -0.4 is 0 Å². The Labute approximate surface area is 103 Å². The average Bonchev–Trinajstić information content (AvgIpc) is 2.30. The fraction of sp³-hybridized carbons (Fsp3) is 0.917. The van der Waals surface area contributed by atoms with Crippen molar-refractivity contribution in [1.29, 1.82) is 0 Å². The first-order valence-corrected chi connectivity index (χ1v) is 7.31. The normalized spacial score (nSPS) is 28.0. The first-order chi connectivity index (χ1) is 7.58. The third-order valence-electron chi connectivity index (χ3n) is 3.63. The summed E-state index contributed by atoms with van der Waals surface area (Å²) < 4.78 is 0. The van der Waals surface area contributed by atoms with E-state index in [4.69, 9.17) is 0 Å². The molecule has 0 aromatic carbocycles. The molecule has 1 N–H and O–H groups in total. The van der Waals surface area contributed by atoms with Crippen molar-refractivity contribution in [1.82, 2.24) is 4.90 Å². The summed E-state index contributed by atoms with van der Waals surface area (Å²) in [4.78, 5) is 13.8. The number of hydrogen-bond acceptors (Lipinski definition) is 3. The summed E-state index contributed by atoms with van der Waals surface area (Å²) in [5.74, 6) is 1.20. The fourth-order valence-electron chi connectivity index (χ4n) is 2.55. The number of carbonyl (C=O) groups is 1. The molecule has 1 fully saturated rings. The molecule has 1 aliphatic rings. The van der Waals surface area contributed by atoms with Gasteiger partial charge in [-0.3, -0.25) is 9.69 Å². The van der Waals surface area contributed by atoms with Crippen LogP contribution in [-0.4, -0.2) is 45.6 Å². The van der Waals surface area contributed by atoms with Gasteiger partial charge in [-0.1, -0.05) is 13.8 Å². The molecule has 0 radical (unpaired) electrons. The molecule has 3 nitrogen and oxygen atoms in total. The van der Waals surface area contributed by atoms with Gasteiger partial charge in [0, 0.05) is 11.8 Å². The molecule has 0 saturated carbocycles. The van der Waals surface area contributed by atoms with E-state index >= 15 is 0 Å². The van der Waals surface area contributed by atoms with Crippen molar-refractivity contribution in [3.05, 3.63) is 0 Å². The lowest BCUT2D eigenvalue weighted by Gasteiger charge is -2.45. The minimum absolute atomic E-state index is 0.347. The summed E-state index contributed by atoms with van der Waals surface area (Å²) in [5, 5.41) is 9.58. The third-order valence-corrected chi connectivity index (χ3v) is 4.89. The first-order valence-electron chi connectivity index (χ1n) is 6.16. The van der Waals surface area contributed by atoms with Crippen LogP contribution in [0.2, 0.25) is 0 Å². The molecule has 0 aromatic heterocycles. The number of likely N-dealkylation sites (N-methyl/N-ethyl adjacent to an activating group) is 1. The van der Waals surface area contributed by atoms with Gasteiger partial charge in [0.15, 0.2) is 0 Å². The quantitative estimate of drug-likeness (QED) is 0.808. The summed E-state index contributed by atoms with van der Waals surface area (Å²) >= 11 is 1.78. The lowest BCUT2D eigenvalue weighted by molar-refractivity contribution is -0.152. The van der Waals surface area contributed by atoms with Gasteiger partial charge < -0.3 is 5.11 Å². The van der Waals surface area contributed by atoms with Gasteiger partial charge in [0.2, 0.25) is 0 Å². The molecule has 1 aliphatic heterocycles. The molecule has 2 unspecified atom stereocenters. The van der Waals surface area contributed by atoms with E-state index in [-0.39, 0.29) is 0 Å². The smallest absolute Gasteiger partial charge is 0.324 e. The lowest BCUT2D eigenvalue weighted by Crippen LogP contribution is -2.60. The molecule has 1 heterocycles. The van der Waals surface area contributed by atoms with E-state index in [9.17, 15) is 9.90 Å². The molecule has 1 saturated heterocycles. The third kappa shape index (κ3) is 2.54. The zero-order valence-electron chi connectivity index (χ0n) is 10.5. The molecular weight excluding hydrogens is 222 g/mol. The van der Waals surface area contributed by atoms with Gasteiger partial charge in [-0.2, -0.15) is 11.8 Å². The van der Waals surface area contributed by atoms with Crippen molar-refractivity contribution in [3.8, 4) is 0 Å². The number of carboxylic acids is 1. The fourth-order valence-corrected chi connectivity index (χ4v) is 3.82. The van der Waals surface area contributed by atoms with Gasteiger partial charge in [0.05, 0.1) is 0 Å². The molecule has 94 valence electrons. The van der Waals surface area contributed by atoms with E-state index in [0.717, 1.165) is 37.3 Å². The zero-order chi connectivity index (χ0) is 12.2. The highest BCUT2D eigenvalue weighted by Crippen LogP contribution is 2.34. The van der Waals surface area contributed by atoms with E-state index in [0.29, 0.717) is 6.04 Å². The molecule has 0 spiro atoms. The molecule has 0 amide bonds. The van der Waals surface area contributed by atoms with Crippen LogP contribution in [0.25, 0.3) is 0 Å². The highest BCUT2D eigenvalue weighted by Gasteiger charge is 2.46. The zero-order valence-corrected chi connectivity index (χ0v) is 11.3. The standard InChI is InChI=1S/C12H23NO2S/c1-4-10(3)13(5-2)12(11(14)15)7-6-8-16-9-12/h10H,4-9H2,1-3H3,(H,14,15). The Balaban J connectivity index is 2.93. The average molecular weight is 245 g/mol. The summed E-state index contributed by atoms with van der Waals surface area (Å²) in [7, 11) is 0. The Morgan fingerprint density at radius 2 is 2.25 bits per heavy atom. The predicted molar refractivity (Wildman–Crippen MR) is 69.1 cm³/mol. The molecule has 16 heavy (non-hydrogen) atoms. The van der Waals surface area contributed by atoms with Gasteiger partial charge in [-0.05, 0) is 38.5 Å². The highest BCUT2D eigenvalue weighted by molar-refractivity contribution is 7.99. The number of hydrogen-bond donors (Lipinski definition) is 1. The Bertz CT molecular complexity index is 239. The van der Waals surface area contributed by atoms with E-state index in [1.165, 1.54) is 0 Å². The Kier molecular flexibility index (Phi) is 5.12. The molecular formula is C12H23NO2S. The lowest BCUT2D eigenvalue weighted by atomic mass is 9.91. The van der Waals surface area contributed by atoms with Gasteiger partial charge in [0.1, 0.15) is 5.54 Å². The van der Waals surface area contributed by atoms with Crippen molar-refractivity contribution in [3.63, 3.8) is 0 Å². The van der Waals surface area contributed by atoms with Crippen molar-refractivity contribution in [2.75, 3.05) is 18.1 Å². The van der Waals surface area contributed by atoms with Gasteiger partial charge in [0.25, 0.3) is 0 Å². The van der Waals surface area contributed by atoms with Gasteiger partial charge in [-0.25, -0.2) is 0 Å². The van der Waals surface area contributed by atoms with Crippen LogP contribution in [0.1, 0.15) is 40.0 Å². The molecule has 1 rings (SSSR count). The monoisotopic (exact) mass is 245 g/mol. The minimum atomic E-state index is -0.637. The molecule has 2 atom stereocenters. The van der Waals surface area contributed by atoms with E-state index < -0.39 is 11.5 Å². The van der Waals surface area contributed by atoms with Crippen molar-refractivity contribution in [2.45, 2.75) is 51.6 Å². The van der Waals surface area contributed by atoms with E-state index in [2.05, 4.69) is 25.7 Å². The number of rotatable bonds is 5. The number of carboxylic acid groups (broad SMARTS) is 1. The Morgan fingerprint density at radius 1 is 1.56 bits per heavy atom. The van der Waals surface area contributed by atoms with Gasteiger partial charge in [-0.15, -0.1) is 0 Å².